The fourth-order valence-corrected chi connectivity index (χ4v) is 3.57. The van der Waals surface area contributed by atoms with Crippen LogP contribution in [0, 0.1) is 5.82 Å². The van der Waals surface area contributed by atoms with Crippen LogP contribution in [0.2, 0.25) is 5.15 Å². The van der Waals surface area contributed by atoms with Gasteiger partial charge in [-0.3, -0.25) is 0 Å². The third kappa shape index (κ3) is 3.02. The van der Waals surface area contributed by atoms with Crippen molar-refractivity contribution >= 4 is 45.5 Å². The zero-order chi connectivity index (χ0) is 18.3. The van der Waals surface area contributed by atoms with Gasteiger partial charge in [-0.05, 0) is 42.0 Å². The first-order valence-electron chi connectivity index (χ1n) is 8.00. The predicted molar refractivity (Wildman–Crippen MR) is 106 cm³/mol. The lowest BCUT2D eigenvalue weighted by atomic mass is 9.98. The molecule has 0 spiro atoms. The van der Waals surface area contributed by atoms with Gasteiger partial charge >= 0.3 is 0 Å². The second kappa shape index (κ2) is 6.63. The first kappa shape index (κ1) is 16.9. The average molecular weight is 385 g/mol. The number of thiocarbonyl (C=S) groups is 1. The van der Waals surface area contributed by atoms with Crippen LogP contribution < -0.4 is 5.73 Å². The molecule has 4 nitrogen and oxygen atoms in total. The zero-order valence-corrected chi connectivity index (χ0v) is 15.1. The minimum Gasteiger partial charge on any atom is -0.375 e. The molecule has 0 saturated heterocycles. The Kier molecular flexibility index (Phi) is 4.30. The lowest BCUT2D eigenvalue weighted by Gasteiger charge is -2.22. The number of aromatic nitrogens is 1. The molecule has 3 aromatic rings. The summed E-state index contributed by atoms with van der Waals surface area (Å²) in [7, 11) is 0. The number of nitrogens with two attached hydrogens (primary N) is 1. The molecule has 1 aliphatic heterocycles. The van der Waals surface area contributed by atoms with Crippen molar-refractivity contribution < 1.29 is 4.39 Å². The average Bonchev–Trinajstić information content (AvgIpc) is 3.08. The van der Waals surface area contributed by atoms with Crippen molar-refractivity contribution in [1.82, 2.24) is 9.99 Å². The van der Waals surface area contributed by atoms with Crippen LogP contribution in [-0.4, -0.2) is 20.8 Å². The minimum atomic E-state index is -0.327. The van der Waals surface area contributed by atoms with Crippen LogP contribution in [0.1, 0.15) is 23.6 Å². The van der Waals surface area contributed by atoms with Crippen molar-refractivity contribution in [2.75, 3.05) is 0 Å². The molecule has 1 aliphatic rings. The highest BCUT2D eigenvalue weighted by atomic mass is 35.5. The number of hydrogen-bond acceptors (Lipinski definition) is 3. The molecular formula is C19H14ClFN4S. The van der Waals surface area contributed by atoms with Crippen LogP contribution in [-0.2, 0) is 0 Å². The number of rotatable bonds is 2. The quantitative estimate of drug-likeness (QED) is 0.525. The SMILES string of the molecule is NC(=S)N1N=C(c2ccccc2)CC1c1cc2cc(F)ccc2nc1Cl. The van der Waals surface area contributed by atoms with Crippen LogP contribution in [0.5, 0.6) is 0 Å². The van der Waals surface area contributed by atoms with Gasteiger partial charge in [0.1, 0.15) is 11.0 Å². The van der Waals surface area contributed by atoms with E-state index >= 15 is 0 Å². The second-order valence-electron chi connectivity index (χ2n) is 6.02. The Morgan fingerprint density at radius 1 is 1.19 bits per heavy atom. The predicted octanol–water partition coefficient (Wildman–Crippen LogP) is 4.42. The maximum Gasteiger partial charge on any atom is 0.187 e. The molecule has 26 heavy (non-hydrogen) atoms. The standard InChI is InChI=1S/C19H14ClFN4S/c20-18-14(9-12-8-13(21)6-7-15(12)23-18)17-10-16(24-25(17)19(22)26)11-4-2-1-3-5-11/h1-9,17H,10H2,(H2,22,26). The van der Waals surface area contributed by atoms with E-state index in [2.05, 4.69) is 10.1 Å². The molecule has 7 heteroatoms. The van der Waals surface area contributed by atoms with Gasteiger partial charge in [0.2, 0.25) is 0 Å². The molecule has 1 atom stereocenters. The zero-order valence-electron chi connectivity index (χ0n) is 13.6. The number of nitrogens with zero attached hydrogens (tertiary/aromatic N) is 3. The highest BCUT2D eigenvalue weighted by Crippen LogP contribution is 2.37. The number of pyridine rings is 1. The van der Waals surface area contributed by atoms with E-state index in [4.69, 9.17) is 29.6 Å². The third-order valence-corrected chi connectivity index (χ3v) is 4.85. The Balaban J connectivity index is 1.78. The Morgan fingerprint density at radius 3 is 2.69 bits per heavy atom. The van der Waals surface area contributed by atoms with Gasteiger partial charge in [0.05, 0.1) is 17.3 Å². The van der Waals surface area contributed by atoms with Crippen molar-refractivity contribution in [2.45, 2.75) is 12.5 Å². The molecule has 2 aromatic carbocycles. The Bertz CT molecular complexity index is 1040. The summed E-state index contributed by atoms with van der Waals surface area (Å²) in [4.78, 5) is 4.39. The summed E-state index contributed by atoms with van der Waals surface area (Å²) in [6.07, 6.45) is 0.573. The van der Waals surface area contributed by atoms with E-state index in [0.29, 0.717) is 28.0 Å². The first-order chi connectivity index (χ1) is 12.5. The van der Waals surface area contributed by atoms with E-state index in [0.717, 1.165) is 11.3 Å². The third-order valence-electron chi connectivity index (χ3n) is 4.36. The monoisotopic (exact) mass is 384 g/mol. The summed E-state index contributed by atoms with van der Waals surface area (Å²) < 4.78 is 13.6. The number of halogens is 2. The first-order valence-corrected chi connectivity index (χ1v) is 8.79. The van der Waals surface area contributed by atoms with Gasteiger partial charge in [-0.1, -0.05) is 41.9 Å². The molecule has 0 saturated carbocycles. The lowest BCUT2D eigenvalue weighted by molar-refractivity contribution is 0.372. The fraction of sp³-hybridized carbons (Fsp3) is 0.105. The van der Waals surface area contributed by atoms with E-state index in [1.165, 1.54) is 12.1 Å². The summed E-state index contributed by atoms with van der Waals surface area (Å²) >= 11 is 11.6. The second-order valence-corrected chi connectivity index (χ2v) is 6.80. The number of benzene rings is 2. The van der Waals surface area contributed by atoms with Gasteiger partial charge in [-0.15, -0.1) is 0 Å². The summed E-state index contributed by atoms with van der Waals surface area (Å²) in [5, 5.41) is 7.30. The van der Waals surface area contributed by atoms with Crippen LogP contribution in [0.3, 0.4) is 0 Å². The minimum absolute atomic E-state index is 0.149. The lowest BCUT2D eigenvalue weighted by Crippen LogP contribution is -2.31. The Labute approximate surface area is 160 Å². The molecule has 0 amide bonds. The highest BCUT2D eigenvalue weighted by molar-refractivity contribution is 7.80. The Hall–Kier alpha value is -2.57. The molecule has 1 unspecified atom stereocenters. The summed E-state index contributed by atoms with van der Waals surface area (Å²) in [6, 6.07) is 15.7. The number of hydrazone groups is 1. The number of hydrogen-bond donors (Lipinski definition) is 1. The summed E-state index contributed by atoms with van der Waals surface area (Å²) in [6.45, 7) is 0. The summed E-state index contributed by atoms with van der Waals surface area (Å²) in [5.74, 6) is -0.327. The topological polar surface area (TPSA) is 54.5 Å². The molecule has 0 fully saturated rings. The largest absolute Gasteiger partial charge is 0.375 e. The van der Waals surface area contributed by atoms with Gasteiger partial charge in [-0.25, -0.2) is 14.4 Å². The molecule has 130 valence electrons. The van der Waals surface area contributed by atoms with Crippen molar-refractivity contribution in [3.63, 3.8) is 0 Å². The van der Waals surface area contributed by atoms with E-state index < -0.39 is 0 Å². The van der Waals surface area contributed by atoms with Crippen LogP contribution in [0.25, 0.3) is 10.9 Å². The molecule has 4 rings (SSSR count). The van der Waals surface area contributed by atoms with Crippen molar-refractivity contribution in [1.29, 1.82) is 0 Å². The van der Waals surface area contributed by atoms with Crippen molar-refractivity contribution in [3.8, 4) is 0 Å². The fourth-order valence-electron chi connectivity index (χ4n) is 3.13. The molecule has 0 aliphatic carbocycles. The molecule has 0 radical (unpaired) electrons. The van der Waals surface area contributed by atoms with Crippen LogP contribution in [0.4, 0.5) is 4.39 Å². The van der Waals surface area contributed by atoms with E-state index in [1.54, 1.807) is 11.1 Å². The van der Waals surface area contributed by atoms with Gasteiger partial charge in [0.15, 0.2) is 5.11 Å². The molecule has 0 bridgehead atoms. The van der Waals surface area contributed by atoms with Gasteiger partial charge in [0.25, 0.3) is 0 Å². The van der Waals surface area contributed by atoms with Crippen LogP contribution >= 0.6 is 23.8 Å². The highest BCUT2D eigenvalue weighted by Gasteiger charge is 2.32. The van der Waals surface area contributed by atoms with E-state index in [9.17, 15) is 4.39 Å². The van der Waals surface area contributed by atoms with Crippen molar-refractivity contribution in [3.05, 3.63) is 76.7 Å². The van der Waals surface area contributed by atoms with Crippen LogP contribution in [0.15, 0.2) is 59.7 Å². The maximum atomic E-state index is 13.6. The summed E-state index contributed by atoms with van der Waals surface area (Å²) in [5.41, 5.74) is 9.08. The maximum absolute atomic E-state index is 13.6. The molecule has 1 aromatic heterocycles. The van der Waals surface area contributed by atoms with Gasteiger partial charge in [0, 0.05) is 17.4 Å². The molecule has 2 N–H and O–H groups in total. The molecule has 2 heterocycles. The molecular weight excluding hydrogens is 371 g/mol. The Morgan fingerprint density at radius 2 is 1.96 bits per heavy atom. The smallest absolute Gasteiger partial charge is 0.187 e. The van der Waals surface area contributed by atoms with E-state index in [1.807, 2.05) is 36.4 Å². The van der Waals surface area contributed by atoms with Crippen molar-refractivity contribution in [2.24, 2.45) is 10.8 Å². The normalized spacial score (nSPS) is 16.8. The van der Waals surface area contributed by atoms with Gasteiger partial charge in [-0.2, -0.15) is 5.10 Å². The van der Waals surface area contributed by atoms with E-state index in [-0.39, 0.29) is 17.0 Å². The van der Waals surface area contributed by atoms with Gasteiger partial charge < -0.3 is 5.73 Å². The number of fused-ring (bicyclic) bond motifs is 1.